The third kappa shape index (κ3) is 3.97. The molecule has 1 amide bonds. The van der Waals surface area contributed by atoms with Gasteiger partial charge in [-0.15, -0.1) is 0 Å². The van der Waals surface area contributed by atoms with Gasteiger partial charge in [-0.05, 0) is 33.8 Å². The fraction of sp³-hybridized carbons (Fsp3) is 0.400. The molecule has 0 aliphatic carbocycles. The van der Waals surface area contributed by atoms with Crippen LogP contribution in [0.25, 0.3) is 5.52 Å². The zero-order chi connectivity index (χ0) is 17.2. The molecule has 0 aromatic carbocycles. The fourth-order valence-electron chi connectivity index (χ4n) is 1.88. The summed E-state index contributed by atoms with van der Waals surface area (Å²) in [5.41, 5.74) is -0.329. The predicted molar refractivity (Wildman–Crippen MR) is 81.0 cm³/mol. The predicted octanol–water partition coefficient (Wildman–Crippen LogP) is 3.00. The molecule has 2 heterocycles. The third-order valence-electron chi connectivity index (χ3n) is 2.74. The molecular formula is C15H18FN3O4. The Hall–Kier alpha value is -2.64. The number of hydrogen-bond acceptors (Lipinski definition) is 5. The zero-order valence-corrected chi connectivity index (χ0v) is 13.3. The molecule has 124 valence electrons. The van der Waals surface area contributed by atoms with Gasteiger partial charge in [0.2, 0.25) is 0 Å². The number of fused-ring (bicyclic) bond motifs is 1. The second-order valence-corrected chi connectivity index (χ2v) is 5.77. The van der Waals surface area contributed by atoms with Crippen LogP contribution in [0.5, 0.6) is 0 Å². The maximum Gasteiger partial charge on any atom is 0.412 e. The molecule has 2 aromatic rings. The highest BCUT2D eigenvalue weighted by atomic mass is 19.1. The van der Waals surface area contributed by atoms with Gasteiger partial charge in [0.1, 0.15) is 11.2 Å². The largest absolute Gasteiger partial charge is 0.462 e. The van der Waals surface area contributed by atoms with E-state index < -0.39 is 23.5 Å². The van der Waals surface area contributed by atoms with Crippen LogP contribution >= 0.6 is 0 Å². The first-order valence-corrected chi connectivity index (χ1v) is 7.05. The molecule has 0 bridgehead atoms. The second-order valence-electron chi connectivity index (χ2n) is 5.77. The van der Waals surface area contributed by atoms with Crippen molar-refractivity contribution in [3.8, 4) is 0 Å². The molecular weight excluding hydrogens is 305 g/mol. The van der Waals surface area contributed by atoms with Crippen LogP contribution in [0, 0.1) is 5.82 Å². The topological polar surface area (TPSA) is 81.9 Å². The molecule has 1 N–H and O–H groups in total. The van der Waals surface area contributed by atoms with Gasteiger partial charge in [-0.25, -0.2) is 18.5 Å². The minimum atomic E-state index is -0.794. The smallest absolute Gasteiger partial charge is 0.412 e. The SMILES string of the molecule is CCOC(=O)c1cnn2cc(F)c(NC(=O)OC(C)(C)C)cc12. The highest BCUT2D eigenvalue weighted by Crippen LogP contribution is 2.21. The fourth-order valence-corrected chi connectivity index (χ4v) is 1.88. The van der Waals surface area contributed by atoms with Crippen LogP contribution < -0.4 is 5.32 Å². The van der Waals surface area contributed by atoms with Gasteiger partial charge in [-0.3, -0.25) is 5.32 Å². The summed E-state index contributed by atoms with van der Waals surface area (Å²) in [5, 5.41) is 6.21. The highest BCUT2D eigenvalue weighted by molar-refractivity contribution is 5.98. The second kappa shape index (κ2) is 6.23. The van der Waals surface area contributed by atoms with Crippen molar-refractivity contribution in [3.05, 3.63) is 29.8 Å². The number of esters is 1. The van der Waals surface area contributed by atoms with Crippen molar-refractivity contribution >= 4 is 23.3 Å². The van der Waals surface area contributed by atoms with E-state index in [2.05, 4.69) is 10.4 Å². The molecule has 2 rings (SSSR count). The lowest BCUT2D eigenvalue weighted by molar-refractivity contribution is 0.0527. The van der Waals surface area contributed by atoms with Gasteiger partial charge < -0.3 is 9.47 Å². The maximum absolute atomic E-state index is 14.0. The molecule has 0 saturated carbocycles. The zero-order valence-electron chi connectivity index (χ0n) is 13.3. The van der Waals surface area contributed by atoms with E-state index in [1.807, 2.05) is 0 Å². The molecule has 2 aromatic heterocycles. The van der Waals surface area contributed by atoms with Crippen LogP contribution in [0.2, 0.25) is 0 Å². The number of carbonyl (C=O) groups is 2. The molecule has 0 spiro atoms. The normalized spacial score (nSPS) is 11.3. The Kier molecular flexibility index (Phi) is 4.53. The third-order valence-corrected chi connectivity index (χ3v) is 2.74. The Balaban J connectivity index is 2.33. The number of halogens is 1. The van der Waals surface area contributed by atoms with Crippen molar-refractivity contribution in [2.45, 2.75) is 33.3 Å². The number of hydrogen-bond donors (Lipinski definition) is 1. The summed E-state index contributed by atoms with van der Waals surface area (Å²) in [4.78, 5) is 23.6. The lowest BCUT2D eigenvalue weighted by atomic mass is 10.2. The summed E-state index contributed by atoms with van der Waals surface area (Å²) in [6.07, 6.45) is 1.55. The number of nitrogens with zero attached hydrogens (tertiary/aromatic N) is 2. The average Bonchev–Trinajstić information content (AvgIpc) is 2.80. The van der Waals surface area contributed by atoms with Gasteiger partial charge in [0.15, 0.2) is 5.82 Å². The number of rotatable bonds is 3. The van der Waals surface area contributed by atoms with Gasteiger partial charge in [-0.1, -0.05) is 0 Å². The van der Waals surface area contributed by atoms with E-state index in [-0.39, 0.29) is 17.9 Å². The van der Waals surface area contributed by atoms with Crippen molar-refractivity contribution in [2.24, 2.45) is 0 Å². The van der Waals surface area contributed by atoms with Gasteiger partial charge in [0.05, 0.1) is 30.2 Å². The minimum Gasteiger partial charge on any atom is -0.462 e. The monoisotopic (exact) mass is 323 g/mol. The number of ether oxygens (including phenoxy) is 2. The molecule has 0 aliphatic heterocycles. The van der Waals surface area contributed by atoms with Crippen LogP contribution in [-0.2, 0) is 9.47 Å². The molecule has 0 unspecified atom stereocenters. The van der Waals surface area contributed by atoms with Crippen LogP contribution in [0.4, 0.5) is 14.9 Å². The lowest BCUT2D eigenvalue weighted by Crippen LogP contribution is -2.27. The molecule has 0 fully saturated rings. The molecule has 23 heavy (non-hydrogen) atoms. The number of aromatic nitrogens is 2. The Morgan fingerprint density at radius 3 is 2.70 bits per heavy atom. The summed E-state index contributed by atoms with van der Waals surface area (Å²) in [6, 6.07) is 1.30. The lowest BCUT2D eigenvalue weighted by Gasteiger charge is -2.19. The minimum absolute atomic E-state index is 0.113. The van der Waals surface area contributed by atoms with Crippen molar-refractivity contribution in [1.82, 2.24) is 9.61 Å². The Labute approximate surface area is 132 Å². The maximum atomic E-state index is 14.0. The number of carbonyl (C=O) groups excluding carboxylic acids is 2. The van der Waals surface area contributed by atoms with E-state index in [1.54, 1.807) is 27.7 Å². The standard InChI is InChI=1S/C15H18FN3O4/c1-5-22-13(20)9-7-17-19-8-10(16)11(6-12(9)19)18-14(21)23-15(2,3)4/h6-8H,5H2,1-4H3,(H,18,21). The summed E-state index contributed by atoms with van der Waals surface area (Å²) in [6.45, 7) is 6.98. The average molecular weight is 323 g/mol. The Morgan fingerprint density at radius 1 is 1.39 bits per heavy atom. The van der Waals surface area contributed by atoms with Crippen LogP contribution in [0.1, 0.15) is 38.1 Å². The van der Waals surface area contributed by atoms with E-state index >= 15 is 0 Å². The molecule has 8 heteroatoms. The van der Waals surface area contributed by atoms with Crippen molar-refractivity contribution < 1.29 is 23.5 Å². The van der Waals surface area contributed by atoms with Gasteiger partial charge in [0.25, 0.3) is 0 Å². The van der Waals surface area contributed by atoms with Crippen molar-refractivity contribution in [3.63, 3.8) is 0 Å². The van der Waals surface area contributed by atoms with Gasteiger partial charge in [-0.2, -0.15) is 5.10 Å². The number of nitrogens with one attached hydrogen (secondary N) is 1. The van der Waals surface area contributed by atoms with E-state index in [0.717, 1.165) is 6.20 Å². The number of pyridine rings is 1. The van der Waals surface area contributed by atoms with E-state index in [4.69, 9.17) is 9.47 Å². The van der Waals surface area contributed by atoms with Crippen molar-refractivity contribution in [1.29, 1.82) is 0 Å². The van der Waals surface area contributed by atoms with Crippen LogP contribution in [-0.4, -0.2) is 33.9 Å². The molecule has 0 atom stereocenters. The summed E-state index contributed by atoms with van der Waals surface area (Å²) >= 11 is 0. The quantitative estimate of drug-likeness (QED) is 0.878. The summed E-state index contributed by atoms with van der Waals surface area (Å²) in [7, 11) is 0. The first-order chi connectivity index (χ1) is 10.7. The van der Waals surface area contributed by atoms with Gasteiger partial charge >= 0.3 is 12.1 Å². The molecule has 0 aliphatic rings. The van der Waals surface area contributed by atoms with E-state index in [9.17, 15) is 14.0 Å². The Bertz CT molecular complexity index is 749. The Morgan fingerprint density at radius 2 is 2.09 bits per heavy atom. The number of anilines is 1. The first-order valence-electron chi connectivity index (χ1n) is 7.05. The van der Waals surface area contributed by atoms with Crippen LogP contribution in [0.3, 0.4) is 0 Å². The van der Waals surface area contributed by atoms with Crippen LogP contribution in [0.15, 0.2) is 18.5 Å². The van der Waals surface area contributed by atoms with E-state index in [0.29, 0.717) is 5.52 Å². The van der Waals surface area contributed by atoms with E-state index in [1.165, 1.54) is 16.8 Å². The molecule has 7 nitrogen and oxygen atoms in total. The highest BCUT2D eigenvalue weighted by Gasteiger charge is 2.20. The van der Waals surface area contributed by atoms with Crippen molar-refractivity contribution in [2.75, 3.05) is 11.9 Å². The molecule has 0 radical (unpaired) electrons. The number of amides is 1. The molecule has 0 saturated heterocycles. The van der Waals surface area contributed by atoms with Gasteiger partial charge in [0, 0.05) is 0 Å². The summed E-state index contributed by atoms with van der Waals surface area (Å²) in [5.74, 6) is -1.28. The summed E-state index contributed by atoms with van der Waals surface area (Å²) < 4.78 is 25.2. The first kappa shape index (κ1) is 16.7.